The number of alkyl halides is 1. The fourth-order valence-corrected chi connectivity index (χ4v) is 6.10. The number of esters is 1. The van der Waals surface area contributed by atoms with Gasteiger partial charge in [-0.3, -0.25) is 13.9 Å². The standard InChI is InChI=1S/C26H37FN7O7P/c1-14(2)26(27)20(35)18(40-24(26)34-13-30-19-21(29-6)31-25(28)32-22(19)34)12-38-42(37,41-17-10-8-7-9-11-17)33-16(5)23(36)39-15(3)4/h7-11,13-16,18,20,24,35H,12H2,1-6H3,(H,33,37)(H3,28,29,31,32)/t16-,18+,20+,24+,26+,42?/m0/s1. The molecule has 0 aliphatic carbocycles. The number of nitrogens with zero attached hydrogens (tertiary/aromatic N) is 4. The first-order valence-electron chi connectivity index (χ1n) is 13.5. The molecule has 0 radical (unpaired) electrons. The number of halogens is 1. The van der Waals surface area contributed by atoms with Crippen LogP contribution in [0.15, 0.2) is 36.7 Å². The summed E-state index contributed by atoms with van der Waals surface area (Å²) >= 11 is 0. The van der Waals surface area contributed by atoms with Gasteiger partial charge in [0.1, 0.15) is 24.0 Å². The highest BCUT2D eigenvalue weighted by Crippen LogP contribution is 2.50. The number of hydrogen-bond acceptors (Lipinski definition) is 12. The molecule has 1 aliphatic rings. The quantitative estimate of drug-likeness (QED) is 0.173. The molecule has 6 atom stereocenters. The number of carbonyl (C=O) groups excluding carboxylic acids is 1. The summed E-state index contributed by atoms with van der Waals surface area (Å²) in [5, 5.41) is 16.7. The molecule has 5 N–H and O–H groups in total. The van der Waals surface area contributed by atoms with Gasteiger partial charge in [0.2, 0.25) is 5.95 Å². The van der Waals surface area contributed by atoms with Crippen molar-refractivity contribution in [3.63, 3.8) is 0 Å². The summed E-state index contributed by atoms with van der Waals surface area (Å²) in [7, 11) is -2.68. The average molecular weight is 610 g/mol. The molecule has 4 rings (SSSR count). The van der Waals surface area contributed by atoms with Crippen molar-refractivity contribution in [3.05, 3.63) is 36.7 Å². The number of hydrogen-bond donors (Lipinski definition) is 4. The van der Waals surface area contributed by atoms with E-state index in [0.717, 1.165) is 0 Å². The van der Waals surface area contributed by atoms with Gasteiger partial charge in [0.25, 0.3) is 0 Å². The SMILES string of the molecule is CNc1nc(N)nc2c1ncn2[C@@H]1O[C@H](COP(=O)(N[C@@H](C)C(=O)OC(C)C)Oc2ccccc2)[C@@H](O)[C@]1(F)C(C)C. The molecule has 1 aliphatic heterocycles. The first-order valence-corrected chi connectivity index (χ1v) is 15.0. The summed E-state index contributed by atoms with van der Waals surface area (Å²) in [6, 6.07) is 7.07. The van der Waals surface area contributed by atoms with Gasteiger partial charge in [0.05, 0.1) is 19.0 Å². The fourth-order valence-electron chi connectivity index (χ4n) is 4.60. The Balaban J connectivity index is 1.62. The van der Waals surface area contributed by atoms with E-state index in [0.29, 0.717) is 11.3 Å². The van der Waals surface area contributed by atoms with Gasteiger partial charge in [-0.25, -0.2) is 13.9 Å². The number of aliphatic hydroxyl groups excluding tert-OH is 1. The molecule has 3 heterocycles. The third-order valence-corrected chi connectivity index (χ3v) is 8.38. The number of nitrogen functional groups attached to an aromatic ring is 1. The van der Waals surface area contributed by atoms with Crippen molar-refractivity contribution >= 4 is 36.6 Å². The Labute approximate surface area is 242 Å². The number of fused-ring (bicyclic) bond motifs is 1. The molecule has 14 nitrogen and oxygen atoms in total. The van der Waals surface area contributed by atoms with Gasteiger partial charge >= 0.3 is 13.7 Å². The molecule has 0 bridgehead atoms. The van der Waals surface area contributed by atoms with Crippen molar-refractivity contribution in [2.45, 2.75) is 70.9 Å². The van der Waals surface area contributed by atoms with Crippen LogP contribution in [0.1, 0.15) is 40.8 Å². The Morgan fingerprint density at radius 3 is 2.55 bits per heavy atom. The molecule has 0 amide bonds. The van der Waals surface area contributed by atoms with Crippen molar-refractivity contribution in [2.75, 3.05) is 24.7 Å². The maximum atomic E-state index is 16.8. The normalized spacial score (nSPS) is 24.6. The number of imidazole rings is 1. The van der Waals surface area contributed by atoms with Gasteiger partial charge in [-0.1, -0.05) is 32.0 Å². The predicted molar refractivity (Wildman–Crippen MR) is 152 cm³/mol. The van der Waals surface area contributed by atoms with Gasteiger partial charge in [-0.05, 0) is 38.8 Å². The largest absolute Gasteiger partial charge is 0.462 e. The summed E-state index contributed by atoms with van der Waals surface area (Å²) in [5.41, 5.74) is 4.02. The lowest BCUT2D eigenvalue weighted by molar-refractivity contribution is -0.149. The van der Waals surface area contributed by atoms with Crippen LogP contribution in [0.25, 0.3) is 11.2 Å². The second-order valence-electron chi connectivity index (χ2n) is 10.5. The van der Waals surface area contributed by atoms with Gasteiger partial charge < -0.3 is 30.2 Å². The summed E-state index contributed by atoms with van der Waals surface area (Å²) in [6.07, 6.45) is -3.53. The van der Waals surface area contributed by atoms with Crippen LogP contribution >= 0.6 is 7.75 Å². The van der Waals surface area contributed by atoms with E-state index in [-0.39, 0.29) is 17.3 Å². The molecule has 3 aromatic rings. The molecule has 16 heteroatoms. The first-order chi connectivity index (χ1) is 19.8. The molecule has 230 valence electrons. The van der Waals surface area contributed by atoms with E-state index >= 15 is 4.39 Å². The van der Waals surface area contributed by atoms with Gasteiger partial charge in [0.15, 0.2) is 28.9 Å². The van der Waals surface area contributed by atoms with Crippen LogP contribution in [0.5, 0.6) is 5.75 Å². The number of ether oxygens (including phenoxy) is 2. The second-order valence-corrected chi connectivity index (χ2v) is 12.2. The Morgan fingerprint density at radius 2 is 1.93 bits per heavy atom. The van der Waals surface area contributed by atoms with E-state index < -0.39 is 62.5 Å². The molecule has 0 saturated carbocycles. The van der Waals surface area contributed by atoms with Gasteiger partial charge in [0, 0.05) is 7.05 Å². The summed E-state index contributed by atoms with van der Waals surface area (Å²) in [4.78, 5) is 25.0. The summed E-state index contributed by atoms with van der Waals surface area (Å²) in [6.45, 7) is 7.42. The topological polar surface area (TPSA) is 185 Å². The predicted octanol–water partition coefficient (Wildman–Crippen LogP) is 3.21. The minimum atomic E-state index is -4.30. The number of aromatic nitrogens is 4. The van der Waals surface area contributed by atoms with E-state index in [1.165, 1.54) is 17.8 Å². The van der Waals surface area contributed by atoms with Crippen LogP contribution in [0.2, 0.25) is 0 Å². The molecule has 2 aromatic heterocycles. The first kappa shape index (κ1) is 31.6. The number of aliphatic hydroxyl groups is 1. The highest BCUT2D eigenvalue weighted by atomic mass is 31.2. The van der Waals surface area contributed by atoms with Crippen molar-refractivity contribution in [1.29, 1.82) is 0 Å². The lowest BCUT2D eigenvalue weighted by atomic mass is 9.85. The number of carbonyl (C=O) groups is 1. The molecular weight excluding hydrogens is 572 g/mol. The lowest BCUT2D eigenvalue weighted by Crippen LogP contribution is -2.47. The zero-order chi connectivity index (χ0) is 30.8. The molecule has 1 unspecified atom stereocenters. The minimum Gasteiger partial charge on any atom is -0.462 e. The Kier molecular flexibility index (Phi) is 9.38. The zero-order valence-electron chi connectivity index (χ0n) is 24.2. The smallest absolute Gasteiger partial charge is 0.459 e. The lowest BCUT2D eigenvalue weighted by Gasteiger charge is -2.32. The van der Waals surface area contributed by atoms with Crippen LogP contribution in [-0.4, -0.2) is 74.3 Å². The monoisotopic (exact) mass is 609 g/mol. The minimum absolute atomic E-state index is 0.0729. The van der Waals surface area contributed by atoms with Gasteiger partial charge in [-0.2, -0.15) is 15.1 Å². The number of benzene rings is 1. The van der Waals surface area contributed by atoms with E-state index in [9.17, 15) is 14.5 Å². The van der Waals surface area contributed by atoms with Crippen molar-refractivity contribution in [3.8, 4) is 5.75 Å². The number of nitrogens with one attached hydrogen (secondary N) is 2. The maximum absolute atomic E-state index is 16.8. The summed E-state index contributed by atoms with van der Waals surface area (Å²) < 4.78 is 54.5. The molecular formula is C26H37FN7O7P. The number of anilines is 2. The molecule has 1 saturated heterocycles. The van der Waals surface area contributed by atoms with E-state index in [4.69, 9.17) is 24.3 Å². The van der Waals surface area contributed by atoms with Crippen LogP contribution in [0.3, 0.4) is 0 Å². The Hall–Kier alpha value is -3.36. The second kappa shape index (κ2) is 12.5. The maximum Gasteiger partial charge on any atom is 0.459 e. The van der Waals surface area contributed by atoms with Crippen molar-refractivity contribution < 1.29 is 37.4 Å². The number of para-hydroxylation sites is 1. The molecule has 1 aromatic carbocycles. The number of rotatable bonds is 12. The van der Waals surface area contributed by atoms with Crippen LogP contribution in [-0.2, 0) is 23.4 Å². The van der Waals surface area contributed by atoms with E-state index in [2.05, 4.69) is 25.4 Å². The third-order valence-electron chi connectivity index (χ3n) is 6.74. The van der Waals surface area contributed by atoms with Crippen molar-refractivity contribution in [1.82, 2.24) is 24.6 Å². The highest BCUT2D eigenvalue weighted by Gasteiger charge is 2.60. The van der Waals surface area contributed by atoms with Gasteiger partial charge in [-0.15, -0.1) is 0 Å². The zero-order valence-corrected chi connectivity index (χ0v) is 25.1. The Morgan fingerprint density at radius 1 is 1.24 bits per heavy atom. The molecule has 42 heavy (non-hydrogen) atoms. The highest BCUT2D eigenvalue weighted by molar-refractivity contribution is 7.52. The molecule has 0 spiro atoms. The van der Waals surface area contributed by atoms with Crippen LogP contribution in [0, 0.1) is 5.92 Å². The average Bonchev–Trinajstić information content (AvgIpc) is 3.45. The molecule has 1 fully saturated rings. The van der Waals surface area contributed by atoms with Crippen LogP contribution in [0.4, 0.5) is 16.2 Å². The third kappa shape index (κ3) is 6.35. The number of nitrogens with two attached hydrogens (primary N) is 1. The van der Waals surface area contributed by atoms with Crippen molar-refractivity contribution in [2.24, 2.45) is 5.92 Å². The fraction of sp³-hybridized carbons (Fsp3) is 0.538. The van der Waals surface area contributed by atoms with Crippen LogP contribution < -0.4 is 20.7 Å². The Bertz CT molecular complexity index is 1440. The summed E-state index contributed by atoms with van der Waals surface area (Å²) in [5.74, 6) is -0.984. The van der Waals surface area contributed by atoms with E-state index in [1.807, 2.05) is 0 Å². The van der Waals surface area contributed by atoms with E-state index in [1.54, 1.807) is 65.1 Å².